The van der Waals surface area contributed by atoms with Crippen molar-refractivity contribution in [3.05, 3.63) is 36.7 Å². The van der Waals surface area contributed by atoms with Crippen LogP contribution in [0.4, 0.5) is 0 Å². The summed E-state index contributed by atoms with van der Waals surface area (Å²) in [4.78, 5) is 0. The fourth-order valence-electron chi connectivity index (χ4n) is 3.58. The zero-order valence-corrected chi connectivity index (χ0v) is 11.3. The maximum absolute atomic E-state index is 2.92. The van der Waals surface area contributed by atoms with Gasteiger partial charge in [-0.3, -0.25) is 0 Å². The van der Waals surface area contributed by atoms with E-state index in [1.807, 2.05) is 36.7 Å². The molecule has 0 radical (unpaired) electrons. The van der Waals surface area contributed by atoms with Gasteiger partial charge in [-0.05, 0) is 48.2 Å². The highest BCUT2D eigenvalue weighted by Gasteiger charge is 2.52. The van der Waals surface area contributed by atoms with Crippen molar-refractivity contribution in [3.8, 4) is 0 Å². The van der Waals surface area contributed by atoms with Crippen LogP contribution < -0.4 is 5.32 Å². The van der Waals surface area contributed by atoms with Crippen molar-refractivity contribution >= 4 is 0 Å². The molecule has 0 aromatic carbocycles. The Morgan fingerprint density at radius 2 is 1.65 bits per heavy atom. The molecule has 94 valence electrons. The maximum atomic E-state index is 2.92. The molecular formula is C16H25N. The number of allylic oxidation sites excluding steroid dienone is 4. The summed E-state index contributed by atoms with van der Waals surface area (Å²) < 4.78 is 0. The summed E-state index contributed by atoms with van der Waals surface area (Å²) >= 11 is 0. The molecular weight excluding hydrogens is 206 g/mol. The highest BCUT2D eigenvalue weighted by atomic mass is 14.8. The molecule has 3 unspecified atom stereocenters. The Labute approximate surface area is 106 Å². The lowest BCUT2D eigenvalue weighted by Gasteiger charge is -2.59. The van der Waals surface area contributed by atoms with Crippen LogP contribution in [0.3, 0.4) is 0 Å². The Morgan fingerprint density at radius 1 is 1.00 bits per heavy atom. The summed E-state index contributed by atoms with van der Waals surface area (Å²) in [6, 6.07) is 0. The van der Waals surface area contributed by atoms with Gasteiger partial charge in [0.2, 0.25) is 0 Å². The van der Waals surface area contributed by atoms with E-state index in [0.717, 1.165) is 17.8 Å². The molecule has 1 heterocycles. The highest BCUT2D eigenvalue weighted by Crippen LogP contribution is 2.61. The first-order chi connectivity index (χ1) is 8.12. The smallest absolute Gasteiger partial charge is 0.000442 e. The summed E-state index contributed by atoms with van der Waals surface area (Å²) in [5.74, 6) is 3.15. The molecule has 1 N–H and O–H groups in total. The molecule has 0 aromatic heterocycles. The Balaban J connectivity index is 0.000000136. The minimum absolute atomic E-state index is 0.706. The Kier molecular flexibility index (Phi) is 3.76. The lowest BCUT2D eigenvalue weighted by Crippen LogP contribution is -2.51. The molecule has 0 saturated heterocycles. The van der Waals surface area contributed by atoms with Gasteiger partial charge in [0.25, 0.3) is 0 Å². The van der Waals surface area contributed by atoms with Crippen molar-refractivity contribution in [1.82, 2.24) is 5.32 Å². The summed E-state index contributed by atoms with van der Waals surface area (Å²) in [6.07, 6.45) is 16.1. The van der Waals surface area contributed by atoms with E-state index in [0.29, 0.717) is 5.41 Å². The van der Waals surface area contributed by atoms with E-state index in [1.54, 1.807) is 0 Å². The Morgan fingerprint density at radius 3 is 2.06 bits per heavy atom. The van der Waals surface area contributed by atoms with Gasteiger partial charge in [0.15, 0.2) is 0 Å². The van der Waals surface area contributed by atoms with Gasteiger partial charge in [0, 0.05) is 12.4 Å². The third kappa shape index (κ3) is 2.65. The predicted molar refractivity (Wildman–Crippen MR) is 74.3 cm³/mol. The topological polar surface area (TPSA) is 12.0 Å². The van der Waals surface area contributed by atoms with Crippen molar-refractivity contribution in [2.24, 2.45) is 23.2 Å². The molecule has 4 aliphatic rings. The van der Waals surface area contributed by atoms with E-state index < -0.39 is 0 Å². The van der Waals surface area contributed by atoms with E-state index in [2.05, 4.69) is 26.1 Å². The number of hydrogen-bond donors (Lipinski definition) is 1. The molecule has 4 rings (SSSR count). The predicted octanol–water partition coefficient (Wildman–Crippen LogP) is 4.25. The molecule has 3 atom stereocenters. The van der Waals surface area contributed by atoms with Crippen molar-refractivity contribution in [3.63, 3.8) is 0 Å². The van der Waals surface area contributed by atoms with Gasteiger partial charge in [0.1, 0.15) is 0 Å². The largest absolute Gasteiger partial charge is 0.368 e. The number of fused-ring (bicyclic) bond motifs is 2. The zero-order valence-electron chi connectivity index (χ0n) is 11.3. The van der Waals surface area contributed by atoms with Gasteiger partial charge in [0.05, 0.1) is 0 Å². The molecule has 3 saturated carbocycles. The van der Waals surface area contributed by atoms with Gasteiger partial charge in [-0.25, -0.2) is 0 Å². The van der Waals surface area contributed by atoms with E-state index in [-0.39, 0.29) is 0 Å². The molecule has 2 bridgehead atoms. The van der Waals surface area contributed by atoms with Gasteiger partial charge < -0.3 is 5.32 Å². The maximum Gasteiger partial charge on any atom is 0.000442 e. The van der Waals surface area contributed by atoms with E-state index in [1.165, 1.54) is 19.3 Å². The standard InChI is InChI=1S/C10H18.C6H7N/c1-7-4-5-8-6-9(7)10(8,2)3;1-2-4-6-7-5-3-1/h7-9H,4-6H2,1-3H3;1-7H. The van der Waals surface area contributed by atoms with Crippen LogP contribution in [0.25, 0.3) is 0 Å². The highest BCUT2D eigenvalue weighted by molar-refractivity contribution is 5.14. The second kappa shape index (κ2) is 5.12. The average Bonchev–Trinajstić information content (AvgIpc) is 2.61. The number of hydrogen-bond acceptors (Lipinski definition) is 1. The Bertz CT molecular complexity index is 319. The third-order valence-electron chi connectivity index (χ3n) is 4.92. The third-order valence-corrected chi connectivity index (χ3v) is 4.92. The first-order valence-electron chi connectivity index (χ1n) is 6.87. The zero-order chi connectivity index (χ0) is 12.3. The van der Waals surface area contributed by atoms with Crippen LogP contribution in [0.5, 0.6) is 0 Å². The van der Waals surface area contributed by atoms with Crippen LogP contribution in [0, 0.1) is 23.2 Å². The Hall–Kier alpha value is -0.980. The second-order valence-corrected chi connectivity index (χ2v) is 6.18. The lowest BCUT2D eigenvalue weighted by molar-refractivity contribution is -0.0988. The van der Waals surface area contributed by atoms with Crippen LogP contribution in [-0.2, 0) is 0 Å². The van der Waals surface area contributed by atoms with Gasteiger partial charge in [-0.15, -0.1) is 0 Å². The lowest BCUT2D eigenvalue weighted by atomic mass is 9.46. The summed E-state index contributed by atoms with van der Waals surface area (Å²) in [6.45, 7) is 7.35. The molecule has 0 amide bonds. The molecule has 3 aliphatic carbocycles. The molecule has 3 fully saturated rings. The first kappa shape index (κ1) is 12.5. The second-order valence-electron chi connectivity index (χ2n) is 6.18. The molecule has 0 spiro atoms. The number of nitrogens with one attached hydrogen (secondary N) is 1. The van der Waals surface area contributed by atoms with Crippen LogP contribution in [0.15, 0.2) is 36.7 Å². The quantitative estimate of drug-likeness (QED) is 0.657. The van der Waals surface area contributed by atoms with Crippen molar-refractivity contribution in [2.45, 2.75) is 40.0 Å². The molecule has 1 aliphatic heterocycles. The van der Waals surface area contributed by atoms with E-state index in [4.69, 9.17) is 0 Å². The van der Waals surface area contributed by atoms with Crippen molar-refractivity contribution in [1.29, 1.82) is 0 Å². The summed E-state index contributed by atoms with van der Waals surface area (Å²) in [5, 5.41) is 2.92. The number of rotatable bonds is 0. The minimum Gasteiger partial charge on any atom is -0.368 e. The van der Waals surface area contributed by atoms with Crippen molar-refractivity contribution < 1.29 is 0 Å². The van der Waals surface area contributed by atoms with E-state index >= 15 is 0 Å². The fraction of sp³-hybridized carbons (Fsp3) is 0.625. The monoisotopic (exact) mass is 231 g/mol. The summed E-state index contributed by atoms with van der Waals surface area (Å²) in [7, 11) is 0. The van der Waals surface area contributed by atoms with Crippen molar-refractivity contribution in [2.75, 3.05) is 0 Å². The molecule has 1 heteroatoms. The first-order valence-corrected chi connectivity index (χ1v) is 6.87. The average molecular weight is 231 g/mol. The molecule has 17 heavy (non-hydrogen) atoms. The van der Waals surface area contributed by atoms with Gasteiger partial charge in [-0.2, -0.15) is 0 Å². The van der Waals surface area contributed by atoms with Crippen LogP contribution in [0.2, 0.25) is 0 Å². The van der Waals surface area contributed by atoms with Crippen LogP contribution in [0.1, 0.15) is 40.0 Å². The molecule has 0 aromatic rings. The van der Waals surface area contributed by atoms with Gasteiger partial charge in [-0.1, -0.05) is 39.3 Å². The van der Waals surface area contributed by atoms with Crippen LogP contribution >= 0.6 is 0 Å². The summed E-state index contributed by atoms with van der Waals surface area (Å²) in [5.41, 5.74) is 0.706. The van der Waals surface area contributed by atoms with Gasteiger partial charge >= 0.3 is 0 Å². The normalized spacial score (nSPS) is 36.1. The molecule has 1 nitrogen and oxygen atoms in total. The SMILES string of the molecule is C1=CC=CNC=C1.CC1CCC2CC1C2(C)C. The van der Waals surface area contributed by atoms with Crippen LogP contribution in [-0.4, -0.2) is 0 Å². The minimum atomic E-state index is 0.706. The van der Waals surface area contributed by atoms with E-state index in [9.17, 15) is 0 Å². The fourth-order valence-corrected chi connectivity index (χ4v) is 3.58.